The van der Waals surface area contributed by atoms with E-state index in [-0.39, 0.29) is 17.4 Å². The van der Waals surface area contributed by atoms with Crippen LogP contribution >= 0.6 is 0 Å². The lowest BCUT2D eigenvalue weighted by Gasteiger charge is -2.31. The molecule has 0 aromatic rings. The van der Waals surface area contributed by atoms with Gasteiger partial charge in [-0.05, 0) is 30.4 Å². The highest BCUT2D eigenvalue weighted by molar-refractivity contribution is 5.90. The van der Waals surface area contributed by atoms with E-state index in [4.69, 9.17) is 5.11 Å². The Morgan fingerprint density at radius 1 is 1.29 bits per heavy atom. The maximum Gasteiger partial charge on any atom is 0.331 e. The van der Waals surface area contributed by atoms with Gasteiger partial charge in [0.15, 0.2) is 0 Å². The molecule has 0 saturated carbocycles. The fourth-order valence-corrected chi connectivity index (χ4v) is 1.78. The Bertz CT molecular complexity index is 423. The first-order valence-electron chi connectivity index (χ1n) is 5.47. The predicted molar refractivity (Wildman–Crippen MR) is 63.6 cm³/mol. The molecule has 1 aliphatic rings. The summed E-state index contributed by atoms with van der Waals surface area (Å²) in [5.74, 6) is -2.04. The molecule has 1 unspecified atom stereocenters. The first-order chi connectivity index (χ1) is 7.56. The zero-order valence-corrected chi connectivity index (χ0v) is 10.6. The Kier molecular flexibility index (Phi) is 3.19. The van der Waals surface area contributed by atoms with Crippen LogP contribution in [0.5, 0.6) is 0 Å². The second-order valence-electron chi connectivity index (χ2n) is 5.72. The minimum absolute atomic E-state index is 0.0250. The zero-order valence-electron chi connectivity index (χ0n) is 10.6. The van der Waals surface area contributed by atoms with Crippen LogP contribution < -0.4 is 0 Å². The summed E-state index contributed by atoms with van der Waals surface area (Å²) >= 11 is 0. The second kappa shape index (κ2) is 4.02. The van der Waals surface area contributed by atoms with Gasteiger partial charge in [0, 0.05) is 5.57 Å². The standard InChI is InChI=1S/C13H18O4/c1-12(2,3)9-5-8(10(14)15)6-13(4,7-9)11(16)17/h5,7H,6H2,1-4H3,(H,14,15)(H,16,17). The lowest BCUT2D eigenvalue weighted by atomic mass is 9.72. The monoisotopic (exact) mass is 238 g/mol. The predicted octanol–water partition coefficient (Wildman–Crippen LogP) is 2.46. The maximum atomic E-state index is 11.3. The molecule has 94 valence electrons. The molecule has 1 rings (SSSR count). The van der Waals surface area contributed by atoms with Gasteiger partial charge in [0.2, 0.25) is 0 Å². The number of allylic oxidation sites excluding steroid dienone is 2. The molecular weight excluding hydrogens is 220 g/mol. The van der Waals surface area contributed by atoms with Crippen molar-refractivity contribution >= 4 is 11.9 Å². The Hall–Kier alpha value is -1.58. The molecule has 0 saturated heterocycles. The van der Waals surface area contributed by atoms with E-state index in [0.717, 1.165) is 5.57 Å². The molecule has 0 spiro atoms. The minimum Gasteiger partial charge on any atom is -0.481 e. The average molecular weight is 238 g/mol. The van der Waals surface area contributed by atoms with E-state index in [9.17, 15) is 14.7 Å². The molecule has 0 bridgehead atoms. The topological polar surface area (TPSA) is 74.6 Å². The second-order valence-corrected chi connectivity index (χ2v) is 5.72. The van der Waals surface area contributed by atoms with Crippen LogP contribution in [0.15, 0.2) is 23.3 Å². The minimum atomic E-state index is -1.13. The average Bonchev–Trinajstić information content (AvgIpc) is 2.15. The summed E-state index contributed by atoms with van der Waals surface area (Å²) in [6, 6.07) is 0. The number of carboxylic acids is 2. The first-order valence-corrected chi connectivity index (χ1v) is 5.47. The van der Waals surface area contributed by atoms with Crippen LogP contribution in [0.1, 0.15) is 34.1 Å². The van der Waals surface area contributed by atoms with Gasteiger partial charge in [0.25, 0.3) is 0 Å². The van der Waals surface area contributed by atoms with Crippen molar-refractivity contribution in [1.29, 1.82) is 0 Å². The largest absolute Gasteiger partial charge is 0.481 e. The Balaban J connectivity index is 3.30. The number of carbonyl (C=O) groups is 2. The van der Waals surface area contributed by atoms with Gasteiger partial charge in [-0.1, -0.05) is 26.8 Å². The highest BCUT2D eigenvalue weighted by Crippen LogP contribution is 2.40. The molecule has 4 nitrogen and oxygen atoms in total. The van der Waals surface area contributed by atoms with E-state index in [1.54, 1.807) is 19.1 Å². The highest BCUT2D eigenvalue weighted by atomic mass is 16.4. The molecule has 0 aromatic carbocycles. The molecule has 17 heavy (non-hydrogen) atoms. The van der Waals surface area contributed by atoms with Crippen molar-refractivity contribution in [3.63, 3.8) is 0 Å². The number of hydrogen-bond donors (Lipinski definition) is 2. The Labute approximate surface area is 101 Å². The van der Waals surface area contributed by atoms with Crippen LogP contribution in [0, 0.1) is 10.8 Å². The molecular formula is C13H18O4. The molecule has 1 atom stereocenters. The fourth-order valence-electron chi connectivity index (χ4n) is 1.78. The van der Waals surface area contributed by atoms with Crippen molar-refractivity contribution < 1.29 is 19.8 Å². The maximum absolute atomic E-state index is 11.3. The molecule has 4 heteroatoms. The van der Waals surface area contributed by atoms with Crippen molar-refractivity contribution in [3.05, 3.63) is 23.3 Å². The lowest BCUT2D eigenvalue weighted by molar-refractivity contribution is -0.145. The van der Waals surface area contributed by atoms with Gasteiger partial charge in [-0.3, -0.25) is 4.79 Å². The normalized spacial score (nSPS) is 24.9. The number of rotatable bonds is 2. The summed E-state index contributed by atoms with van der Waals surface area (Å²) in [6.45, 7) is 7.35. The van der Waals surface area contributed by atoms with Gasteiger partial charge in [-0.25, -0.2) is 4.79 Å². The SMILES string of the molecule is CC(C)(C)C1=CC(C)(C(=O)O)CC(C(=O)O)=C1. The Morgan fingerprint density at radius 2 is 1.82 bits per heavy atom. The van der Waals surface area contributed by atoms with E-state index in [0.29, 0.717) is 0 Å². The van der Waals surface area contributed by atoms with Gasteiger partial charge in [-0.15, -0.1) is 0 Å². The fraction of sp³-hybridized carbons (Fsp3) is 0.538. The molecule has 2 N–H and O–H groups in total. The number of aliphatic carboxylic acids is 2. The van der Waals surface area contributed by atoms with Gasteiger partial charge in [-0.2, -0.15) is 0 Å². The molecule has 1 aliphatic carbocycles. The summed E-state index contributed by atoms with van der Waals surface area (Å²) in [4.78, 5) is 22.3. The number of carboxylic acid groups (broad SMARTS) is 2. The van der Waals surface area contributed by atoms with Crippen molar-refractivity contribution in [3.8, 4) is 0 Å². The van der Waals surface area contributed by atoms with E-state index in [1.165, 1.54) is 0 Å². The van der Waals surface area contributed by atoms with Crippen molar-refractivity contribution in [1.82, 2.24) is 0 Å². The van der Waals surface area contributed by atoms with Crippen LogP contribution in [-0.2, 0) is 9.59 Å². The van der Waals surface area contributed by atoms with Gasteiger partial charge < -0.3 is 10.2 Å². The molecule has 0 aromatic heterocycles. The highest BCUT2D eigenvalue weighted by Gasteiger charge is 2.38. The van der Waals surface area contributed by atoms with Crippen LogP contribution in [0.3, 0.4) is 0 Å². The zero-order chi connectivity index (χ0) is 13.4. The first kappa shape index (κ1) is 13.5. The third-order valence-corrected chi connectivity index (χ3v) is 2.99. The van der Waals surface area contributed by atoms with E-state index >= 15 is 0 Å². The van der Waals surface area contributed by atoms with Gasteiger partial charge in [0.05, 0.1) is 5.41 Å². The van der Waals surface area contributed by atoms with Crippen LogP contribution in [0.2, 0.25) is 0 Å². The lowest BCUT2D eigenvalue weighted by Crippen LogP contribution is -2.31. The van der Waals surface area contributed by atoms with Crippen molar-refractivity contribution in [2.24, 2.45) is 10.8 Å². The van der Waals surface area contributed by atoms with Crippen LogP contribution in [0.25, 0.3) is 0 Å². The quantitative estimate of drug-likeness (QED) is 0.775. The summed E-state index contributed by atoms with van der Waals surface area (Å²) in [6.07, 6.45) is 3.28. The summed E-state index contributed by atoms with van der Waals surface area (Å²) in [7, 11) is 0. The summed E-state index contributed by atoms with van der Waals surface area (Å²) < 4.78 is 0. The van der Waals surface area contributed by atoms with Gasteiger partial charge >= 0.3 is 11.9 Å². The van der Waals surface area contributed by atoms with E-state index in [2.05, 4.69) is 0 Å². The van der Waals surface area contributed by atoms with Gasteiger partial charge in [0.1, 0.15) is 0 Å². The third kappa shape index (κ3) is 2.75. The molecule has 0 aliphatic heterocycles. The molecule has 0 radical (unpaired) electrons. The third-order valence-electron chi connectivity index (χ3n) is 2.99. The van der Waals surface area contributed by atoms with E-state index in [1.807, 2.05) is 20.8 Å². The molecule has 0 amide bonds. The summed E-state index contributed by atoms with van der Waals surface area (Å²) in [5, 5.41) is 18.3. The van der Waals surface area contributed by atoms with Crippen LogP contribution in [-0.4, -0.2) is 22.2 Å². The van der Waals surface area contributed by atoms with Crippen molar-refractivity contribution in [2.75, 3.05) is 0 Å². The van der Waals surface area contributed by atoms with Crippen molar-refractivity contribution in [2.45, 2.75) is 34.1 Å². The van der Waals surface area contributed by atoms with Crippen LogP contribution in [0.4, 0.5) is 0 Å². The Morgan fingerprint density at radius 3 is 2.18 bits per heavy atom. The summed E-state index contributed by atoms with van der Waals surface area (Å²) in [5.41, 5.74) is -0.489. The van der Waals surface area contributed by atoms with E-state index < -0.39 is 17.4 Å². The smallest absolute Gasteiger partial charge is 0.331 e. The molecule has 0 fully saturated rings. The molecule has 0 heterocycles. The number of hydrogen-bond acceptors (Lipinski definition) is 2.